The highest BCUT2D eigenvalue weighted by molar-refractivity contribution is 5.72. The van der Waals surface area contributed by atoms with Gasteiger partial charge in [-0.2, -0.15) is 0 Å². The predicted molar refractivity (Wildman–Crippen MR) is 123 cm³/mol. The SMILES string of the molecule is Cc1ccc(N(c2ccccn2)c2cncc(N3CCC(F)(COCC(=O)O)CC3)n2)cc1. The predicted octanol–water partition coefficient (Wildman–Crippen LogP) is 4.06. The van der Waals surface area contributed by atoms with Crippen LogP contribution in [0, 0.1) is 6.92 Å². The minimum absolute atomic E-state index is 0.222. The minimum Gasteiger partial charge on any atom is -0.480 e. The van der Waals surface area contributed by atoms with Crippen LogP contribution in [-0.2, 0) is 9.53 Å². The molecule has 3 aromatic rings. The topological polar surface area (TPSA) is 91.7 Å². The van der Waals surface area contributed by atoms with E-state index in [1.165, 1.54) is 0 Å². The number of ether oxygens (including phenoxy) is 1. The number of halogens is 1. The second-order valence-electron chi connectivity index (χ2n) is 8.12. The second kappa shape index (κ2) is 9.91. The Labute approximate surface area is 191 Å². The van der Waals surface area contributed by atoms with E-state index in [0.29, 0.717) is 30.5 Å². The quantitative estimate of drug-likeness (QED) is 0.548. The largest absolute Gasteiger partial charge is 0.480 e. The van der Waals surface area contributed by atoms with Gasteiger partial charge in [-0.3, -0.25) is 9.88 Å². The molecule has 1 fully saturated rings. The number of anilines is 4. The molecule has 1 aliphatic heterocycles. The van der Waals surface area contributed by atoms with Crippen LogP contribution in [0.1, 0.15) is 18.4 Å². The number of hydrogen-bond donors (Lipinski definition) is 1. The van der Waals surface area contributed by atoms with E-state index in [0.717, 1.165) is 11.3 Å². The highest BCUT2D eigenvalue weighted by Gasteiger charge is 2.35. The van der Waals surface area contributed by atoms with Gasteiger partial charge in [0.2, 0.25) is 0 Å². The summed E-state index contributed by atoms with van der Waals surface area (Å²) in [5.74, 6) is 0.866. The van der Waals surface area contributed by atoms with Crippen LogP contribution in [-0.4, -0.2) is 58.0 Å². The molecule has 0 atom stereocenters. The molecule has 1 aromatic carbocycles. The number of hydrogen-bond acceptors (Lipinski definition) is 7. The van der Waals surface area contributed by atoms with Crippen LogP contribution >= 0.6 is 0 Å². The lowest BCUT2D eigenvalue weighted by atomic mass is 9.94. The van der Waals surface area contributed by atoms with Crippen LogP contribution in [0.15, 0.2) is 61.1 Å². The molecule has 8 nitrogen and oxygen atoms in total. The molecule has 1 saturated heterocycles. The number of piperidine rings is 1. The van der Waals surface area contributed by atoms with Crippen LogP contribution in [0.5, 0.6) is 0 Å². The average Bonchev–Trinajstić information content (AvgIpc) is 2.82. The van der Waals surface area contributed by atoms with Gasteiger partial charge in [0.1, 0.15) is 23.9 Å². The molecule has 172 valence electrons. The number of rotatable bonds is 8. The van der Waals surface area contributed by atoms with Crippen molar-refractivity contribution in [3.63, 3.8) is 0 Å². The molecular weight excluding hydrogens is 425 g/mol. The van der Waals surface area contributed by atoms with Gasteiger partial charge in [0, 0.05) is 37.8 Å². The Morgan fingerprint density at radius 3 is 2.58 bits per heavy atom. The van der Waals surface area contributed by atoms with Crippen molar-refractivity contribution in [1.29, 1.82) is 0 Å². The van der Waals surface area contributed by atoms with E-state index in [4.69, 9.17) is 14.8 Å². The molecule has 0 radical (unpaired) electrons. The summed E-state index contributed by atoms with van der Waals surface area (Å²) in [6.07, 6.45) is 5.52. The first kappa shape index (κ1) is 22.6. The van der Waals surface area contributed by atoms with Gasteiger partial charge < -0.3 is 14.7 Å². The van der Waals surface area contributed by atoms with E-state index in [9.17, 15) is 9.18 Å². The molecule has 1 N–H and O–H groups in total. The molecule has 0 aliphatic carbocycles. The smallest absolute Gasteiger partial charge is 0.329 e. The Hall–Kier alpha value is -3.59. The summed E-state index contributed by atoms with van der Waals surface area (Å²) in [5.41, 5.74) is 0.511. The number of nitrogens with zero attached hydrogens (tertiary/aromatic N) is 5. The average molecular weight is 452 g/mol. The van der Waals surface area contributed by atoms with E-state index < -0.39 is 18.2 Å². The molecule has 0 amide bonds. The molecule has 3 heterocycles. The fraction of sp³-hybridized carbons (Fsp3) is 0.333. The number of alkyl halides is 1. The van der Waals surface area contributed by atoms with E-state index in [-0.39, 0.29) is 19.4 Å². The maximum atomic E-state index is 15.0. The fourth-order valence-corrected chi connectivity index (χ4v) is 3.77. The summed E-state index contributed by atoms with van der Waals surface area (Å²) >= 11 is 0. The molecule has 2 aromatic heterocycles. The van der Waals surface area contributed by atoms with Gasteiger partial charge in [-0.15, -0.1) is 0 Å². The van der Waals surface area contributed by atoms with Crippen molar-refractivity contribution in [1.82, 2.24) is 15.0 Å². The zero-order valence-corrected chi connectivity index (χ0v) is 18.4. The molecule has 9 heteroatoms. The van der Waals surface area contributed by atoms with Crippen LogP contribution in [0.4, 0.5) is 27.5 Å². The van der Waals surface area contributed by atoms with Gasteiger partial charge in [0.25, 0.3) is 0 Å². The Balaban J connectivity index is 1.54. The maximum Gasteiger partial charge on any atom is 0.329 e. The Morgan fingerprint density at radius 1 is 1.15 bits per heavy atom. The summed E-state index contributed by atoms with van der Waals surface area (Å²) < 4.78 is 20.0. The van der Waals surface area contributed by atoms with Crippen molar-refractivity contribution in [2.75, 3.05) is 36.1 Å². The Bertz CT molecular complexity index is 1070. The summed E-state index contributed by atoms with van der Waals surface area (Å²) in [5, 5.41) is 8.69. The zero-order valence-electron chi connectivity index (χ0n) is 18.4. The van der Waals surface area contributed by atoms with Crippen molar-refractivity contribution in [2.24, 2.45) is 0 Å². The zero-order chi connectivity index (χ0) is 23.3. The van der Waals surface area contributed by atoms with Crippen LogP contribution in [0.25, 0.3) is 0 Å². The molecular formula is C24H26FN5O3. The first-order valence-electron chi connectivity index (χ1n) is 10.8. The molecule has 4 rings (SSSR count). The summed E-state index contributed by atoms with van der Waals surface area (Å²) in [4.78, 5) is 28.2. The van der Waals surface area contributed by atoms with Gasteiger partial charge in [-0.25, -0.2) is 19.2 Å². The number of carboxylic acids is 1. The van der Waals surface area contributed by atoms with Crippen LogP contribution < -0.4 is 9.80 Å². The van der Waals surface area contributed by atoms with Gasteiger partial charge in [-0.05, 0) is 31.2 Å². The van der Waals surface area contributed by atoms with Crippen LogP contribution in [0.2, 0.25) is 0 Å². The lowest BCUT2D eigenvalue weighted by Crippen LogP contribution is -2.45. The molecule has 33 heavy (non-hydrogen) atoms. The Morgan fingerprint density at radius 2 is 1.91 bits per heavy atom. The number of aromatic nitrogens is 3. The fourth-order valence-electron chi connectivity index (χ4n) is 3.77. The molecule has 0 saturated carbocycles. The van der Waals surface area contributed by atoms with E-state index >= 15 is 0 Å². The standard InChI is InChI=1S/C24H26FN5O3/c1-18-5-7-19(8-6-18)30(20-4-2-3-11-27-20)22-15-26-14-21(28-22)29-12-9-24(25,10-13-29)17-33-16-23(31)32/h2-8,11,14-15H,9-10,12-13,16-17H2,1H3,(H,31,32). The molecule has 0 bridgehead atoms. The Kier molecular flexibility index (Phi) is 6.79. The lowest BCUT2D eigenvalue weighted by Gasteiger charge is -2.36. The molecule has 0 unspecified atom stereocenters. The first-order valence-corrected chi connectivity index (χ1v) is 10.8. The summed E-state index contributed by atoms with van der Waals surface area (Å²) in [7, 11) is 0. The summed E-state index contributed by atoms with van der Waals surface area (Å²) in [6, 6.07) is 13.8. The third kappa shape index (κ3) is 5.61. The van der Waals surface area contributed by atoms with Crippen molar-refractivity contribution in [3.05, 3.63) is 66.6 Å². The van der Waals surface area contributed by atoms with Gasteiger partial charge >= 0.3 is 5.97 Å². The number of pyridine rings is 1. The lowest BCUT2D eigenvalue weighted by molar-refractivity contribution is -0.144. The van der Waals surface area contributed by atoms with Gasteiger partial charge in [0.15, 0.2) is 5.82 Å². The maximum absolute atomic E-state index is 15.0. The number of carbonyl (C=O) groups is 1. The third-order valence-corrected chi connectivity index (χ3v) is 5.58. The minimum atomic E-state index is -1.54. The molecule has 0 spiro atoms. The van der Waals surface area contributed by atoms with Gasteiger partial charge in [0.05, 0.1) is 19.0 Å². The van der Waals surface area contributed by atoms with Crippen molar-refractivity contribution in [2.45, 2.75) is 25.4 Å². The number of aryl methyl sites for hydroxylation is 1. The van der Waals surface area contributed by atoms with E-state index in [1.807, 2.05) is 59.2 Å². The summed E-state index contributed by atoms with van der Waals surface area (Å²) in [6.45, 7) is 2.17. The third-order valence-electron chi connectivity index (χ3n) is 5.58. The van der Waals surface area contributed by atoms with Crippen molar-refractivity contribution >= 4 is 29.1 Å². The number of aliphatic carboxylic acids is 1. The monoisotopic (exact) mass is 451 g/mol. The molecule has 1 aliphatic rings. The van der Waals surface area contributed by atoms with Crippen molar-refractivity contribution in [3.8, 4) is 0 Å². The number of carboxylic acid groups (broad SMARTS) is 1. The highest BCUT2D eigenvalue weighted by Crippen LogP contribution is 2.34. The number of benzene rings is 1. The first-order chi connectivity index (χ1) is 15.9. The van der Waals surface area contributed by atoms with E-state index in [2.05, 4.69) is 9.97 Å². The van der Waals surface area contributed by atoms with Gasteiger partial charge in [-0.1, -0.05) is 23.8 Å². The second-order valence-corrected chi connectivity index (χ2v) is 8.12. The van der Waals surface area contributed by atoms with Crippen LogP contribution in [0.3, 0.4) is 0 Å². The highest BCUT2D eigenvalue weighted by atomic mass is 19.1. The normalized spacial score (nSPS) is 15.3. The van der Waals surface area contributed by atoms with Crippen molar-refractivity contribution < 1.29 is 19.0 Å². The van der Waals surface area contributed by atoms with E-state index in [1.54, 1.807) is 18.6 Å².